The van der Waals surface area contributed by atoms with Crippen molar-refractivity contribution in [3.63, 3.8) is 0 Å². The number of nitrogens with one attached hydrogen (secondary N) is 2. The van der Waals surface area contributed by atoms with E-state index in [-0.39, 0.29) is 23.7 Å². The molecule has 0 bridgehead atoms. The van der Waals surface area contributed by atoms with Gasteiger partial charge in [-0.2, -0.15) is 5.10 Å². The molecule has 2 amide bonds. The van der Waals surface area contributed by atoms with Crippen LogP contribution in [0.25, 0.3) is 0 Å². The highest BCUT2D eigenvalue weighted by atomic mass is 32.2. The van der Waals surface area contributed by atoms with Crippen molar-refractivity contribution in [3.8, 4) is 0 Å². The van der Waals surface area contributed by atoms with Crippen LogP contribution in [0.4, 0.5) is 5.69 Å². The zero-order chi connectivity index (χ0) is 21.2. The summed E-state index contributed by atoms with van der Waals surface area (Å²) in [6.45, 7) is 10.4. The van der Waals surface area contributed by atoms with E-state index in [9.17, 15) is 9.59 Å². The van der Waals surface area contributed by atoms with E-state index < -0.39 is 5.25 Å². The third-order valence-electron chi connectivity index (χ3n) is 4.91. The molecule has 0 unspecified atom stereocenters. The van der Waals surface area contributed by atoms with Gasteiger partial charge in [0.15, 0.2) is 5.17 Å². The van der Waals surface area contributed by atoms with Gasteiger partial charge in [0.25, 0.3) is 0 Å². The second-order valence-electron chi connectivity index (χ2n) is 8.67. The second kappa shape index (κ2) is 8.53. The minimum absolute atomic E-state index is 0.0888. The van der Waals surface area contributed by atoms with Crippen LogP contribution in [0.3, 0.4) is 0 Å². The number of rotatable bonds is 4. The smallest absolute Gasteiger partial charge is 0.240 e. The van der Waals surface area contributed by atoms with Gasteiger partial charge in [-0.05, 0) is 62.3 Å². The molecule has 1 saturated heterocycles. The lowest BCUT2D eigenvalue weighted by atomic mass is 9.77. The topological polar surface area (TPSA) is 82.9 Å². The zero-order valence-electron chi connectivity index (χ0n) is 17.6. The van der Waals surface area contributed by atoms with E-state index in [4.69, 9.17) is 0 Å². The average Bonchev–Trinajstić information content (AvgIpc) is 2.94. The van der Waals surface area contributed by atoms with Crippen LogP contribution in [-0.2, 0) is 9.59 Å². The van der Waals surface area contributed by atoms with E-state index in [1.165, 1.54) is 17.3 Å². The van der Waals surface area contributed by atoms with Gasteiger partial charge in [0.2, 0.25) is 11.8 Å². The van der Waals surface area contributed by atoms with E-state index in [0.717, 1.165) is 35.4 Å². The summed E-state index contributed by atoms with van der Waals surface area (Å²) < 4.78 is 0. The molecule has 2 aliphatic rings. The molecule has 1 fully saturated rings. The molecule has 7 heteroatoms. The van der Waals surface area contributed by atoms with E-state index in [1.807, 2.05) is 32.0 Å². The highest BCUT2D eigenvalue weighted by Gasteiger charge is 2.32. The van der Waals surface area contributed by atoms with E-state index >= 15 is 0 Å². The number of carbonyl (C=O) groups is 2. The van der Waals surface area contributed by atoms with Crippen molar-refractivity contribution in [1.82, 2.24) is 5.32 Å². The lowest BCUT2D eigenvalue weighted by Crippen LogP contribution is -2.28. The fourth-order valence-electron chi connectivity index (χ4n) is 3.69. The molecule has 2 N–H and O–H groups in total. The SMILES string of the molecule is CC1=CC(=NN=C2NC(=O)[C@@H](CC(=O)Nc3cc(C)ccc3C)S2)CC(C)(C)C1. The maximum Gasteiger partial charge on any atom is 0.240 e. The van der Waals surface area contributed by atoms with E-state index in [0.29, 0.717) is 5.17 Å². The number of aryl methyl sites for hydroxylation is 2. The summed E-state index contributed by atoms with van der Waals surface area (Å²) in [5.41, 5.74) is 5.20. The van der Waals surface area contributed by atoms with Gasteiger partial charge in [-0.25, -0.2) is 0 Å². The average molecular weight is 413 g/mol. The Morgan fingerprint density at radius 1 is 1.24 bits per heavy atom. The number of amidine groups is 1. The molecule has 29 heavy (non-hydrogen) atoms. The number of amides is 2. The predicted molar refractivity (Wildman–Crippen MR) is 120 cm³/mol. The van der Waals surface area contributed by atoms with Crippen LogP contribution in [0.1, 0.15) is 51.2 Å². The summed E-state index contributed by atoms with van der Waals surface area (Å²) in [5.74, 6) is -0.396. The molecule has 1 aliphatic carbocycles. The lowest BCUT2D eigenvalue weighted by Gasteiger charge is -2.28. The Morgan fingerprint density at radius 3 is 2.72 bits per heavy atom. The molecule has 1 aromatic rings. The van der Waals surface area contributed by atoms with E-state index in [1.54, 1.807) is 0 Å². The molecule has 0 radical (unpaired) electrons. The van der Waals surface area contributed by atoms with Gasteiger partial charge in [0, 0.05) is 12.1 Å². The Bertz CT molecular complexity index is 931. The van der Waals surface area contributed by atoms with Crippen LogP contribution in [0, 0.1) is 19.3 Å². The number of carbonyl (C=O) groups excluding carboxylic acids is 2. The monoisotopic (exact) mass is 412 g/mol. The first-order chi connectivity index (χ1) is 13.6. The van der Waals surface area contributed by atoms with Gasteiger partial charge < -0.3 is 10.6 Å². The largest absolute Gasteiger partial charge is 0.326 e. The summed E-state index contributed by atoms with van der Waals surface area (Å²) in [7, 11) is 0. The highest BCUT2D eigenvalue weighted by molar-refractivity contribution is 8.15. The van der Waals surface area contributed by atoms with Gasteiger partial charge in [0.1, 0.15) is 5.25 Å². The Morgan fingerprint density at radius 2 is 2.00 bits per heavy atom. The van der Waals surface area contributed by atoms with Crippen molar-refractivity contribution in [3.05, 3.63) is 41.0 Å². The molecule has 1 aliphatic heterocycles. The molecule has 0 saturated carbocycles. The van der Waals surface area contributed by atoms with Gasteiger partial charge in [-0.3, -0.25) is 9.59 Å². The molecule has 6 nitrogen and oxygen atoms in total. The number of benzene rings is 1. The zero-order valence-corrected chi connectivity index (χ0v) is 18.4. The maximum absolute atomic E-state index is 12.4. The number of nitrogens with zero attached hydrogens (tertiary/aromatic N) is 2. The van der Waals surface area contributed by atoms with Gasteiger partial charge in [0.05, 0.1) is 5.71 Å². The number of hydrogen-bond acceptors (Lipinski definition) is 5. The summed E-state index contributed by atoms with van der Waals surface area (Å²) >= 11 is 1.26. The second-order valence-corrected chi connectivity index (χ2v) is 9.86. The first-order valence-electron chi connectivity index (χ1n) is 9.78. The van der Waals surface area contributed by atoms with Crippen molar-refractivity contribution < 1.29 is 9.59 Å². The predicted octanol–water partition coefficient (Wildman–Crippen LogP) is 4.34. The molecule has 1 atom stereocenters. The molecular weight excluding hydrogens is 384 g/mol. The van der Waals surface area contributed by atoms with Crippen molar-refractivity contribution in [2.75, 3.05) is 5.32 Å². The lowest BCUT2D eigenvalue weighted by molar-refractivity contribution is -0.122. The number of hydrogen-bond donors (Lipinski definition) is 2. The Hall–Kier alpha value is -2.41. The number of allylic oxidation sites excluding steroid dienone is 2. The summed E-state index contributed by atoms with van der Waals surface area (Å²) in [5, 5.41) is 14.1. The summed E-state index contributed by atoms with van der Waals surface area (Å²) in [6, 6.07) is 5.90. The molecule has 154 valence electrons. The highest BCUT2D eigenvalue weighted by Crippen LogP contribution is 2.34. The third kappa shape index (κ3) is 5.79. The molecule has 1 heterocycles. The van der Waals surface area contributed by atoms with Crippen molar-refractivity contribution in [2.45, 2.75) is 59.1 Å². The fourth-order valence-corrected chi connectivity index (χ4v) is 4.61. The molecule has 1 aromatic carbocycles. The molecule has 3 rings (SSSR count). The van der Waals surface area contributed by atoms with Gasteiger partial charge in [-0.15, -0.1) is 5.10 Å². The number of anilines is 1. The molecular formula is C22H28N4O2S. The van der Waals surface area contributed by atoms with Crippen LogP contribution in [0.15, 0.2) is 40.1 Å². The summed E-state index contributed by atoms with van der Waals surface area (Å²) in [4.78, 5) is 24.7. The van der Waals surface area contributed by atoms with Gasteiger partial charge >= 0.3 is 0 Å². The first kappa shape index (κ1) is 21.3. The maximum atomic E-state index is 12.4. The van der Waals surface area contributed by atoms with Crippen LogP contribution < -0.4 is 10.6 Å². The summed E-state index contributed by atoms with van der Waals surface area (Å²) in [6.07, 6.45) is 4.05. The standard InChI is InChI=1S/C22H28N4O2S/c1-13-6-7-15(3)17(9-13)23-19(27)10-18-20(28)24-21(29-18)26-25-16-8-14(2)11-22(4,5)12-16/h6-9,18H,10-12H2,1-5H3,(H,23,27)(H,24,26,28)/t18-/m1/s1. The fraction of sp³-hybridized carbons (Fsp3) is 0.455. The minimum Gasteiger partial charge on any atom is -0.326 e. The van der Waals surface area contributed by atoms with Crippen molar-refractivity contribution in [2.24, 2.45) is 15.6 Å². The third-order valence-corrected chi connectivity index (χ3v) is 5.99. The molecule has 0 aromatic heterocycles. The Balaban J connectivity index is 1.62. The normalized spacial score (nSPS) is 23.8. The first-order valence-corrected chi connectivity index (χ1v) is 10.7. The van der Waals surface area contributed by atoms with Gasteiger partial charge in [-0.1, -0.05) is 43.3 Å². The van der Waals surface area contributed by atoms with Crippen LogP contribution in [0.2, 0.25) is 0 Å². The van der Waals surface area contributed by atoms with Crippen LogP contribution in [0.5, 0.6) is 0 Å². The van der Waals surface area contributed by atoms with Crippen LogP contribution >= 0.6 is 11.8 Å². The molecule has 0 spiro atoms. The minimum atomic E-state index is -0.501. The van der Waals surface area contributed by atoms with Crippen LogP contribution in [-0.4, -0.2) is 27.9 Å². The Kier molecular flexibility index (Phi) is 6.27. The van der Waals surface area contributed by atoms with E-state index in [2.05, 4.69) is 47.7 Å². The van der Waals surface area contributed by atoms with Crippen molar-refractivity contribution in [1.29, 1.82) is 0 Å². The Labute approximate surface area is 176 Å². The quantitative estimate of drug-likeness (QED) is 0.722. The number of thioether (sulfide) groups is 1. The van der Waals surface area contributed by atoms with Crippen molar-refractivity contribution >= 4 is 40.1 Å².